The number of hydrogen-bond donors (Lipinski definition) is 1. The van der Waals surface area contributed by atoms with Gasteiger partial charge >= 0.3 is 0 Å². The molecule has 1 N–H and O–H groups in total. The van der Waals surface area contributed by atoms with Crippen molar-refractivity contribution >= 4 is 5.57 Å². The van der Waals surface area contributed by atoms with Crippen molar-refractivity contribution in [1.82, 2.24) is 14.8 Å². The summed E-state index contributed by atoms with van der Waals surface area (Å²) in [7, 11) is 1.73. The van der Waals surface area contributed by atoms with Crippen molar-refractivity contribution < 1.29 is 9.52 Å². The number of aliphatic hydroxyl groups is 1. The first-order valence-corrected chi connectivity index (χ1v) is 10.0. The Morgan fingerprint density at radius 2 is 1.93 bits per heavy atom. The fourth-order valence-electron chi connectivity index (χ4n) is 3.77. The molecule has 6 nitrogen and oxygen atoms in total. The smallest absolute Gasteiger partial charge is 0.254 e. The van der Waals surface area contributed by atoms with E-state index in [1.807, 2.05) is 27.7 Å². The van der Waals surface area contributed by atoms with E-state index in [1.54, 1.807) is 24.7 Å². The van der Waals surface area contributed by atoms with Gasteiger partial charge in [0, 0.05) is 47.3 Å². The molecule has 1 unspecified atom stereocenters. The van der Waals surface area contributed by atoms with E-state index in [-0.39, 0.29) is 16.9 Å². The van der Waals surface area contributed by atoms with Gasteiger partial charge in [-0.05, 0) is 32.6 Å². The van der Waals surface area contributed by atoms with Crippen molar-refractivity contribution in [1.29, 1.82) is 0 Å². The zero-order valence-corrected chi connectivity index (χ0v) is 17.9. The molecule has 0 bridgehead atoms. The number of aryl methyl sites for hydroxylation is 1. The van der Waals surface area contributed by atoms with Crippen LogP contribution in [0.15, 0.2) is 21.0 Å². The molecule has 0 saturated heterocycles. The van der Waals surface area contributed by atoms with E-state index < -0.39 is 5.60 Å². The molecule has 1 fully saturated rings. The van der Waals surface area contributed by atoms with Crippen molar-refractivity contribution in [3.05, 3.63) is 50.6 Å². The molecule has 0 spiro atoms. The zero-order chi connectivity index (χ0) is 21.1. The lowest BCUT2D eigenvalue weighted by atomic mass is 9.97. The summed E-state index contributed by atoms with van der Waals surface area (Å²) >= 11 is 0. The van der Waals surface area contributed by atoms with Crippen LogP contribution in [0.3, 0.4) is 0 Å². The third-order valence-electron chi connectivity index (χ3n) is 5.69. The standard InChI is InChI=1S/C23H27N3O3/c1-13-11-16-18(17(13)19-24-25-21(29-19)22(2,3)4)14(12-26(6)20(16)27)9-10-23(5,28)15-7-8-15/h12,15,28H,7-8,11H2,1-6H3. The van der Waals surface area contributed by atoms with Gasteiger partial charge in [-0.15, -0.1) is 10.2 Å². The highest BCUT2D eigenvalue weighted by Gasteiger charge is 2.39. The molecule has 4 rings (SSSR count). The molecule has 6 heteroatoms. The highest BCUT2D eigenvalue weighted by molar-refractivity contribution is 5.86. The average molecular weight is 393 g/mol. The van der Waals surface area contributed by atoms with Gasteiger partial charge in [-0.1, -0.05) is 38.2 Å². The Balaban J connectivity index is 1.87. The molecule has 0 radical (unpaired) electrons. The lowest BCUT2D eigenvalue weighted by Crippen LogP contribution is -2.25. The Morgan fingerprint density at radius 1 is 1.24 bits per heavy atom. The van der Waals surface area contributed by atoms with E-state index in [2.05, 4.69) is 22.0 Å². The molecular weight excluding hydrogens is 366 g/mol. The third kappa shape index (κ3) is 3.44. The molecule has 2 heterocycles. The minimum Gasteiger partial charge on any atom is -0.420 e. The summed E-state index contributed by atoms with van der Waals surface area (Å²) in [4.78, 5) is 12.8. The molecule has 0 aliphatic heterocycles. The highest BCUT2D eigenvalue weighted by Crippen LogP contribution is 2.40. The summed E-state index contributed by atoms with van der Waals surface area (Å²) in [6.45, 7) is 9.78. The number of rotatable bonds is 2. The van der Waals surface area contributed by atoms with Gasteiger partial charge in [0.05, 0.1) is 0 Å². The molecular formula is C23H27N3O3. The summed E-state index contributed by atoms with van der Waals surface area (Å²) in [5.74, 6) is 7.36. The number of hydrogen-bond acceptors (Lipinski definition) is 5. The number of nitrogens with zero attached hydrogens (tertiary/aromatic N) is 3. The molecule has 1 saturated carbocycles. The molecule has 2 aliphatic carbocycles. The van der Waals surface area contributed by atoms with E-state index in [4.69, 9.17) is 4.42 Å². The maximum atomic E-state index is 12.8. The number of pyridine rings is 1. The molecule has 152 valence electrons. The summed E-state index contributed by atoms with van der Waals surface area (Å²) in [5, 5.41) is 19.1. The number of allylic oxidation sites excluding steroid dienone is 1. The Labute approximate surface area is 170 Å². The summed E-state index contributed by atoms with van der Waals surface area (Å²) < 4.78 is 7.55. The summed E-state index contributed by atoms with van der Waals surface area (Å²) in [6.07, 6.45) is 4.25. The Hall–Kier alpha value is -2.65. The van der Waals surface area contributed by atoms with E-state index in [9.17, 15) is 9.90 Å². The second-order valence-corrected chi connectivity index (χ2v) is 9.48. The van der Waals surface area contributed by atoms with Crippen molar-refractivity contribution in [2.75, 3.05) is 0 Å². The van der Waals surface area contributed by atoms with E-state index in [0.717, 1.165) is 29.6 Å². The van der Waals surface area contributed by atoms with Crippen LogP contribution in [0.5, 0.6) is 0 Å². The molecule has 0 aromatic carbocycles. The highest BCUT2D eigenvalue weighted by atomic mass is 16.4. The van der Waals surface area contributed by atoms with Gasteiger partial charge in [-0.2, -0.15) is 0 Å². The number of aromatic nitrogens is 3. The van der Waals surface area contributed by atoms with Crippen LogP contribution in [0.2, 0.25) is 0 Å². The SMILES string of the molecule is CC1=C(c2nnc(C(C)(C)C)o2)c2c(C#CC(C)(O)C3CC3)cn(C)c(=O)c2C1. The predicted octanol–water partition coefficient (Wildman–Crippen LogP) is 2.96. The second-order valence-electron chi connectivity index (χ2n) is 9.48. The quantitative estimate of drug-likeness (QED) is 0.794. The van der Waals surface area contributed by atoms with Crippen molar-refractivity contribution in [2.24, 2.45) is 13.0 Å². The monoisotopic (exact) mass is 393 g/mol. The van der Waals surface area contributed by atoms with Gasteiger partial charge in [-0.25, -0.2) is 0 Å². The largest absolute Gasteiger partial charge is 0.420 e. The van der Waals surface area contributed by atoms with Gasteiger partial charge in [0.2, 0.25) is 11.8 Å². The Bertz CT molecular complexity index is 1140. The van der Waals surface area contributed by atoms with Crippen molar-refractivity contribution in [2.45, 2.75) is 64.9 Å². The van der Waals surface area contributed by atoms with Crippen LogP contribution >= 0.6 is 0 Å². The average Bonchev–Trinajstić information content (AvgIpc) is 3.27. The van der Waals surface area contributed by atoms with Gasteiger partial charge in [0.25, 0.3) is 5.56 Å². The molecule has 29 heavy (non-hydrogen) atoms. The van der Waals surface area contributed by atoms with Gasteiger partial charge in [0.15, 0.2) is 0 Å². The van der Waals surface area contributed by atoms with Crippen LogP contribution in [0, 0.1) is 17.8 Å². The van der Waals surface area contributed by atoms with Crippen molar-refractivity contribution in [3.63, 3.8) is 0 Å². The normalized spacial score (nSPS) is 18.3. The number of fused-ring (bicyclic) bond motifs is 1. The van der Waals surface area contributed by atoms with Gasteiger partial charge in [-0.3, -0.25) is 4.79 Å². The maximum absolute atomic E-state index is 12.8. The van der Waals surface area contributed by atoms with Crippen LogP contribution in [0.1, 0.15) is 75.9 Å². The zero-order valence-electron chi connectivity index (χ0n) is 17.9. The van der Waals surface area contributed by atoms with Crippen LogP contribution in [-0.2, 0) is 18.9 Å². The first kappa shape index (κ1) is 19.7. The minimum atomic E-state index is -1.02. The lowest BCUT2D eigenvalue weighted by molar-refractivity contribution is 0.0980. The lowest BCUT2D eigenvalue weighted by Gasteiger charge is -2.15. The first-order valence-electron chi connectivity index (χ1n) is 10.0. The van der Waals surface area contributed by atoms with E-state index in [1.165, 1.54) is 0 Å². The molecule has 2 aromatic heterocycles. The Morgan fingerprint density at radius 3 is 2.52 bits per heavy atom. The molecule has 1 atom stereocenters. The van der Waals surface area contributed by atoms with Gasteiger partial charge in [0.1, 0.15) is 5.60 Å². The minimum absolute atomic E-state index is 0.0515. The molecule has 2 aliphatic rings. The van der Waals surface area contributed by atoms with Crippen LogP contribution in [0.25, 0.3) is 5.57 Å². The predicted molar refractivity (Wildman–Crippen MR) is 110 cm³/mol. The van der Waals surface area contributed by atoms with E-state index >= 15 is 0 Å². The fraction of sp³-hybridized carbons (Fsp3) is 0.522. The maximum Gasteiger partial charge on any atom is 0.254 e. The van der Waals surface area contributed by atoms with E-state index in [0.29, 0.717) is 29.3 Å². The molecule has 0 amide bonds. The van der Waals surface area contributed by atoms with Gasteiger partial charge < -0.3 is 14.1 Å². The topological polar surface area (TPSA) is 81.2 Å². The summed E-state index contributed by atoms with van der Waals surface area (Å²) in [5.41, 5.74) is 2.60. The second kappa shape index (κ2) is 6.43. The van der Waals surface area contributed by atoms with Crippen LogP contribution in [0.4, 0.5) is 0 Å². The summed E-state index contributed by atoms with van der Waals surface area (Å²) in [6, 6.07) is 0. The first-order chi connectivity index (χ1) is 13.5. The van der Waals surface area contributed by atoms with Crippen LogP contribution < -0.4 is 5.56 Å². The Kier molecular flexibility index (Phi) is 4.36. The third-order valence-corrected chi connectivity index (χ3v) is 5.69. The molecule has 2 aromatic rings. The fourth-order valence-corrected chi connectivity index (χ4v) is 3.77. The van der Waals surface area contributed by atoms with Crippen LogP contribution in [-0.4, -0.2) is 25.5 Å². The van der Waals surface area contributed by atoms with Crippen molar-refractivity contribution in [3.8, 4) is 11.8 Å².